The smallest absolute Gasteiger partial charge is 0.417 e. The van der Waals surface area contributed by atoms with Crippen LogP contribution in [0.3, 0.4) is 0 Å². The first-order valence-corrected chi connectivity index (χ1v) is 14.6. The van der Waals surface area contributed by atoms with E-state index in [1.54, 1.807) is 25.5 Å². The summed E-state index contributed by atoms with van der Waals surface area (Å²) in [6.07, 6.45) is 2.83. The van der Waals surface area contributed by atoms with Crippen molar-refractivity contribution in [2.75, 3.05) is 53.5 Å². The molecule has 0 saturated carbocycles. The van der Waals surface area contributed by atoms with Crippen molar-refractivity contribution in [2.24, 2.45) is 0 Å². The van der Waals surface area contributed by atoms with Gasteiger partial charge in [0.25, 0.3) is 11.8 Å². The van der Waals surface area contributed by atoms with Gasteiger partial charge in [0.05, 0.1) is 23.9 Å². The molecule has 0 spiro atoms. The second-order valence-corrected chi connectivity index (χ2v) is 10.4. The molecular formula is C31H39F3N6O4. The van der Waals surface area contributed by atoms with E-state index in [0.29, 0.717) is 43.9 Å². The molecule has 0 aliphatic carbocycles. The van der Waals surface area contributed by atoms with Gasteiger partial charge in [0.15, 0.2) is 5.72 Å². The molecule has 1 fully saturated rings. The Morgan fingerprint density at radius 1 is 1.18 bits per heavy atom. The maximum absolute atomic E-state index is 13.9. The molecule has 2 aliphatic rings. The number of pyridine rings is 1. The van der Waals surface area contributed by atoms with Gasteiger partial charge in [0.1, 0.15) is 11.4 Å². The molecule has 1 saturated heterocycles. The average molecular weight is 617 g/mol. The van der Waals surface area contributed by atoms with E-state index in [4.69, 9.17) is 9.47 Å². The molecule has 4 rings (SSSR count). The van der Waals surface area contributed by atoms with Crippen molar-refractivity contribution in [3.8, 4) is 5.75 Å². The summed E-state index contributed by atoms with van der Waals surface area (Å²) in [7, 11) is 3.06. The van der Waals surface area contributed by atoms with Crippen LogP contribution < -0.4 is 20.7 Å². The van der Waals surface area contributed by atoms with Crippen LogP contribution in [0.15, 0.2) is 66.3 Å². The molecule has 2 aliphatic heterocycles. The Labute approximate surface area is 255 Å². The van der Waals surface area contributed by atoms with Gasteiger partial charge in [0, 0.05) is 63.3 Å². The summed E-state index contributed by atoms with van der Waals surface area (Å²) >= 11 is 0. The monoisotopic (exact) mass is 616 g/mol. The predicted molar refractivity (Wildman–Crippen MR) is 158 cm³/mol. The zero-order valence-corrected chi connectivity index (χ0v) is 25.3. The Morgan fingerprint density at radius 2 is 1.98 bits per heavy atom. The number of allylic oxidation sites excluding steroid dienone is 1. The lowest BCUT2D eigenvalue weighted by Crippen LogP contribution is -2.56. The lowest BCUT2D eigenvalue weighted by Gasteiger charge is -2.46. The van der Waals surface area contributed by atoms with Crippen LogP contribution >= 0.6 is 0 Å². The van der Waals surface area contributed by atoms with Crippen LogP contribution in [-0.4, -0.2) is 86.1 Å². The molecule has 238 valence electrons. The summed E-state index contributed by atoms with van der Waals surface area (Å²) in [4.78, 5) is 34.8. The molecular weight excluding hydrogens is 577 g/mol. The first-order valence-electron chi connectivity index (χ1n) is 14.6. The predicted octanol–water partition coefficient (Wildman–Crippen LogP) is 3.24. The number of aromatic nitrogens is 1. The van der Waals surface area contributed by atoms with Crippen LogP contribution in [0, 0.1) is 0 Å². The van der Waals surface area contributed by atoms with Crippen LogP contribution in [0.2, 0.25) is 0 Å². The average Bonchev–Trinajstić information content (AvgIpc) is 3.04. The topological polar surface area (TPSA) is 108 Å². The minimum Gasteiger partial charge on any atom is -0.497 e. The third kappa shape index (κ3) is 6.99. The fourth-order valence-electron chi connectivity index (χ4n) is 5.47. The van der Waals surface area contributed by atoms with Crippen LogP contribution in [0.5, 0.6) is 5.75 Å². The number of carbonyl (C=O) groups is 2. The summed E-state index contributed by atoms with van der Waals surface area (Å²) < 4.78 is 52.8. The third-order valence-electron chi connectivity index (χ3n) is 7.71. The van der Waals surface area contributed by atoms with E-state index in [0.717, 1.165) is 12.1 Å². The highest BCUT2D eigenvalue weighted by molar-refractivity contribution is 5.96. The number of carbonyl (C=O) groups excluding carboxylic acids is 2. The van der Waals surface area contributed by atoms with Crippen molar-refractivity contribution in [1.29, 1.82) is 0 Å². The maximum Gasteiger partial charge on any atom is 0.417 e. The molecule has 44 heavy (non-hydrogen) atoms. The number of rotatable bonds is 11. The zero-order chi connectivity index (χ0) is 31.9. The number of benzene rings is 1. The van der Waals surface area contributed by atoms with Gasteiger partial charge in [0.2, 0.25) is 0 Å². The molecule has 2 aromatic rings. The minimum atomic E-state index is -4.73. The van der Waals surface area contributed by atoms with Gasteiger partial charge < -0.3 is 35.2 Å². The quantitative estimate of drug-likeness (QED) is 0.331. The van der Waals surface area contributed by atoms with Gasteiger partial charge in [-0.1, -0.05) is 13.0 Å². The summed E-state index contributed by atoms with van der Waals surface area (Å²) in [6.45, 7) is 5.71. The third-order valence-corrected chi connectivity index (χ3v) is 7.71. The van der Waals surface area contributed by atoms with Crippen LogP contribution in [-0.2, 0) is 21.4 Å². The van der Waals surface area contributed by atoms with E-state index >= 15 is 0 Å². The molecule has 3 heterocycles. The number of amides is 2. The number of methoxy groups -OCH3 is 1. The summed E-state index contributed by atoms with van der Waals surface area (Å²) in [6, 6.07) is 6.72. The second-order valence-electron chi connectivity index (χ2n) is 10.4. The van der Waals surface area contributed by atoms with Crippen molar-refractivity contribution in [3.63, 3.8) is 0 Å². The summed E-state index contributed by atoms with van der Waals surface area (Å²) in [5.74, 6) is -1.03. The molecule has 1 aromatic carbocycles. The SMILES string of the molecule is CCOC1(c2cccnc2)C=CC(N2CCN(C(=O)c3ccc(OC)cc3C(F)(F)F)C[C@H]2CC)=C(C(=O)NCCNC)N1. The van der Waals surface area contributed by atoms with E-state index in [1.165, 1.54) is 18.1 Å². The van der Waals surface area contributed by atoms with Crippen molar-refractivity contribution >= 4 is 11.8 Å². The van der Waals surface area contributed by atoms with Crippen LogP contribution in [0.4, 0.5) is 13.2 Å². The van der Waals surface area contributed by atoms with Crippen LogP contribution in [0.1, 0.15) is 41.8 Å². The lowest BCUT2D eigenvalue weighted by atomic mass is 9.97. The molecule has 0 radical (unpaired) electrons. The number of ether oxygens (including phenoxy) is 2. The van der Waals surface area contributed by atoms with E-state index < -0.39 is 28.9 Å². The van der Waals surface area contributed by atoms with Crippen LogP contribution in [0.25, 0.3) is 0 Å². The Morgan fingerprint density at radius 3 is 2.61 bits per heavy atom. The minimum absolute atomic E-state index is 0.0172. The van der Waals surface area contributed by atoms with Gasteiger partial charge in [-0.15, -0.1) is 0 Å². The van der Waals surface area contributed by atoms with Crippen molar-refractivity contribution in [2.45, 2.75) is 38.2 Å². The normalized spacial score (nSPS) is 20.4. The molecule has 3 N–H and O–H groups in total. The van der Waals surface area contributed by atoms with Crippen molar-refractivity contribution in [1.82, 2.24) is 30.7 Å². The molecule has 1 unspecified atom stereocenters. The maximum atomic E-state index is 13.9. The van der Waals surface area contributed by atoms with Gasteiger partial charge in [-0.25, -0.2) is 0 Å². The van der Waals surface area contributed by atoms with Crippen molar-refractivity contribution < 1.29 is 32.2 Å². The number of likely N-dealkylation sites (N-methyl/N-ethyl adjacent to an activating group) is 1. The zero-order valence-electron chi connectivity index (χ0n) is 25.3. The number of piperazine rings is 1. The molecule has 10 nitrogen and oxygen atoms in total. The second kappa shape index (κ2) is 14.1. The molecule has 2 atom stereocenters. The summed E-state index contributed by atoms with van der Waals surface area (Å²) in [5, 5.41) is 9.27. The molecule has 0 bridgehead atoms. The Balaban J connectivity index is 1.66. The van der Waals surface area contributed by atoms with Gasteiger partial charge in [-0.05, 0) is 56.8 Å². The Kier molecular flexibility index (Phi) is 10.5. The number of nitrogens with zero attached hydrogens (tertiary/aromatic N) is 3. The Hall–Kier alpha value is -4.10. The number of dihydropyridines is 1. The Bertz CT molecular complexity index is 1380. The highest BCUT2D eigenvalue weighted by Gasteiger charge is 2.41. The standard InChI is InChI=1S/C31H39F3N6O4/c1-5-22-20-39(29(42)24-10-9-23(43-4)18-25(24)31(32,33)34)16-17-40(22)26-11-12-30(44-6-2,21-8-7-13-36-19-21)38-27(26)28(41)37-15-14-35-3/h7-13,18-19,22,35,38H,5-6,14-17,20H2,1-4H3,(H,37,41)/t22-,30?/m1/s1. The summed E-state index contributed by atoms with van der Waals surface area (Å²) in [5.41, 5.74) is -1.02. The van der Waals surface area contributed by atoms with Crippen molar-refractivity contribution in [3.05, 3.63) is 83.0 Å². The van der Waals surface area contributed by atoms with Gasteiger partial charge in [-0.2, -0.15) is 13.2 Å². The number of halogens is 3. The molecule has 2 amide bonds. The fourth-order valence-corrected chi connectivity index (χ4v) is 5.47. The highest BCUT2D eigenvalue weighted by Crippen LogP contribution is 2.36. The number of hydrogen-bond acceptors (Lipinski definition) is 8. The lowest BCUT2D eigenvalue weighted by molar-refractivity contribution is -0.138. The number of hydrogen-bond donors (Lipinski definition) is 3. The fraction of sp³-hybridized carbons (Fsp3) is 0.452. The van der Waals surface area contributed by atoms with E-state index in [9.17, 15) is 22.8 Å². The van der Waals surface area contributed by atoms with E-state index in [2.05, 4.69) is 20.9 Å². The van der Waals surface area contributed by atoms with Gasteiger partial charge >= 0.3 is 6.18 Å². The molecule has 1 aromatic heterocycles. The van der Waals surface area contributed by atoms with E-state index in [1.807, 2.05) is 37.0 Å². The first-order chi connectivity index (χ1) is 21.1. The number of alkyl halides is 3. The molecule has 13 heteroatoms. The highest BCUT2D eigenvalue weighted by atomic mass is 19.4. The largest absolute Gasteiger partial charge is 0.497 e. The number of nitrogens with one attached hydrogen (secondary N) is 3. The van der Waals surface area contributed by atoms with E-state index in [-0.39, 0.29) is 36.5 Å². The van der Waals surface area contributed by atoms with Gasteiger partial charge in [-0.3, -0.25) is 14.6 Å². The first kappa shape index (κ1) is 32.8.